The molecule has 1 heterocycles. The molecule has 1 saturated carbocycles. The lowest BCUT2D eigenvalue weighted by atomic mass is 9.78. The number of amidine groups is 1. The minimum atomic E-state index is 0.398. The Bertz CT molecular complexity index is 297. The lowest BCUT2D eigenvalue weighted by molar-refractivity contribution is 0.251. The monoisotopic (exact) mass is 300 g/mol. The van der Waals surface area contributed by atoms with Crippen molar-refractivity contribution in [1.82, 2.24) is 5.32 Å². The molecule has 0 aromatic carbocycles. The van der Waals surface area contributed by atoms with Crippen LogP contribution >= 0.6 is 23.5 Å². The van der Waals surface area contributed by atoms with Gasteiger partial charge in [-0.1, -0.05) is 25.1 Å². The second kappa shape index (κ2) is 7.82. The van der Waals surface area contributed by atoms with E-state index in [2.05, 4.69) is 18.5 Å². The van der Waals surface area contributed by atoms with E-state index in [4.69, 9.17) is 4.99 Å². The third kappa shape index (κ3) is 4.89. The summed E-state index contributed by atoms with van der Waals surface area (Å²) in [6, 6.07) is 0. The molecule has 1 saturated heterocycles. The minimum Gasteiger partial charge on any atom is -0.359 e. The van der Waals surface area contributed by atoms with Crippen LogP contribution in [0.4, 0.5) is 0 Å². The first-order valence-electron chi connectivity index (χ1n) is 7.68. The Kier molecular flexibility index (Phi) is 6.40. The van der Waals surface area contributed by atoms with Crippen LogP contribution in [0.2, 0.25) is 0 Å². The number of unbranched alkanes of at least 4 members (excludes halogenated alkanes) is 2. The lowest BCUT2D eigenvalue weighted by Crippen LogP contribution is -2.46. The fourth-order valence-electron chi connectivity index (χ4n) is 2.89. The first-order chi connectivity index (χ1) is 9.24. The average molecular weight is 301 g/mol. The van der Waals surface area contributed by atoms with E-state index in [0.29, 0.717) is 5.54 Å². The summed E-state index contributed by atoms with van der Waals surface area (Å²) >= 11 is 3.90. The highest BCUT2D eigenvalue weighted by Gasteiger charge is 2.39. The first-order valence-corrected chi connectivity index (χ1v) is 10.1. The molecular formula is C15H28N2S2. The summed E-state index contributed by atoms with van der Waals surface area (Å²) in [5.41, 5.74) is 0.398. The van der Waals surface area contributed by atoms with Crippen molar-refractivity contribution < 1.29 is 0 Å². The van der Waals surface area contributed by atoms with Crippen LogP contribution in [-0.4, -0.2) is 35.0 Å². The highest BCUT2D eigenvalue weighted by atomic mass is 32.2. The van der Waals surface area contributed by atoms with Gasteiger partial charge in [-0.15, -0.1) is 0 Å². The third-order valence-corrected chi connectivity index (χ3v) is 6.25. The molecule has 0 unspecified atom stereocenters. The molecule has 1 aliphatic heterocycles. The molecule has 2 rings (SSSR count). The van der Waals surface area contributed by atoms with Crippen LogP contribution in [0.25, 0.3) is 0 Å². The molecule has 2 aliphatic rings. The van der Waals surface area contributed by atoms with Gasteiger partial charge < -0.3 is 5.32 Å². The van der Waals surface area contributed by atoms with Gasteiger partial charge in [-0.25, -0.2) is 0 Å². The van der Waals surface area contributed by atoms with Crippen molar-refractivity contribution in [3.8, 4) is 0 Å². The van der Waals surface area contributed by atoms with Crippen LogP contribution in [0.15, 0.2) is 4.99 Å². The predicted molar refractivity (Wildman–Crippen MR) is 90.5 cm³/mol. The van der Waals surface area contributed by atoms with Crippen LogP contribution < -0.4 is 5.32 Å². The Morgan fingerprint density at radius 1 is 1.32 bits per heavy atom. The molecule has 19 heavy (non-hydrogen) atoms. The minimum absolute atomic E-state index is 0.398. The number of hydrogen-bond donors (Lipinski definition) is 1. The van der Waals surface area contributed by atoms with E-state index in [0.717, 1.165) is 12.5 Å². The van der Waals surface area contributed by atoms with E-state index >= 15 is 0 Å². The Morgan fingerprint density at radius 3 is 2.84 bits per heavy atom. The standard InChI is InChI=1S/C15H28N2S2/c1-13-6-8-15(9-7-13)12-19-14(17-15)16-10-4-3-5-11-18-2/h13H,3-12H2,1-2H3,(H,16,17). The van der Waals surface area contributed by atoms with Gasteiger partial charge in [-0.2, -0.15) is 11.8 Å². The van der Waals surface area contributed by atoms with Crippen LogP contribution in [0.1, 0.15) is 51.9 Å². The fourth-order valence-corrected chi connectivity index (χ4v) is 4.63. The zero-order valence-electron chi connectivity index (χ0n) is 12.4. The average Bonchev–Trinajstić information content (AvgIpc) is 2.81. The zero-order valence-corrected chi connectivity index (χ0v) is 14.0. The molecule has 4 heteroatoms. The maximum Gasteiger partial charge on any atom is 0.157 e. The molecule has 0 aromatic heterocycles. The number of rotatable bonds is 6. The van der Waals surface area contributed by atoms with Gasteiger partial charge in [0.1, 0.15) is 0 Å². The molecule has 0 atom stereocenters. The van der Waals surface area contributed by atoms with Crippen molar-refractivity contribution in [1.29, 1.82) is 0 Å². The van der Waals surface area contributed by atoms with Crippen molar-refractivity contribution >= 4 is 28.7 Å². The Morgan fingerprint density at radius 2 is 2.11 bits per heavy atom. The maximum atomic E-state index is 4.75. The number of aliphatic imine (C=N–C) groups is 1. The van der Waals surface area contributed by atoms with Crippen molar-refractivity contribution in [2.45, 2.75) is 57.4 Å². The summed E-state index contributed by atoms with van der Waals surface area (Å²) in [5, 5.41) is 4.96. The Hall–Kier alpha value is 0.170. The molecule has 1 spiro atoms. The highest BCUT2D eigenvalue weighted by molar-refractivity contribution is 8.14. The molecular weight excluding hydrogens is 272 g/mol. The van der Waals surface area contributed by atoms with Gasteiger partial charge in [0.2, 0.25) is 0 Å². The number of nitrogens with zero attached hydrogens (tertiary/aromatic N) is 1. The summed E-state index contributed by atoms with van der Waals surface area (Å²) < 4.78 is 0. The summed E-state index contributed by atoms with van der Waals surface area (Å²) in [5.74, 6) is 3.46. The van der Waals surface area contributed by atoms with E-state index in [1.165, 1.54) is 61.6 Å². The number of hydrogen-bond acceptors (Lipinski definition) is 3. The Labute approximate surface area is 127 Å². The SMILES string of the molecule is CSCCCCCN=C1NC2(CCC(C)CC2)CS1. The zero-order chi connectivity index (χ0) is 13.6. The van der Waals surface area contributed by atoms with Gasteiger partial charge in [0.15, 0.2) is 5.17 Å². The van der Waals surface area contributed by atoms with E-state index < -0.39 is 0 Å². The number of nitrogens with one attached hydrogen (secondary N) is 1. The van der Waals surface area contributed by atoms with Crippen molar-refractivity contribution in [2.24, 2.45) is 10.9 Å². The Balaban J connectivity index is 1.66. The van der Waals surface area contributed by atoms with Crippen molar-refractivity contribution in [3.63, 3.8) is 0 Å². The normalized spacial score (nSPS) is 32.9. The van der Waals surface area contributed by atoms with E-state index in [1.54, 1.807) is 0 Å². The molecule has 1 N–H and O–H groups in total. The fraction of sp³-hybridized carbons (Fsp3) is 0.933. The predicted octanol–water partition coefficient (Wildman–Crippen LogP) is 4.16. The van der Waals surface area contributed by atoms with Gasteiger partial charge in [-0.3, -0.25) is 4.99 Å². The second-order valence-corrected chi connectivity index (χ2v) is 8.07. The molecule has 110 valence electrons. The van der Waals surface area contributed by atoms with Gasteiger partial charge in [-0.05, 0) is 56.5 Å². The summed E-state index contributed by atoms with van der Waals surface area (Å²) in [7, 11) is 0. The molecule has 2 fully saturated rings. The van der Waals surface area contributed by atoms with Crippen LogP contribution in [0, 0.1) is 5.92 Å². The molecule has 1 aliphatic carbocycles. The topological polar surface area (TPSA) is 24.4 Å². The van der Waals surface area contributed by atoms with Crippen LogP contribution in [-0.2, 0) is 0 Å². The van der Waals surface area contributed by atoms with E-state index in [-0.39, 0.29) is 0 Å². The maximum absolute atomic E-state index is 4.75. The van der Waals surface area contributed by atoms with Crippen LogP contribution in [0.3, 0.4) is 0 Å². The first kappa shape index (κ1) is 15.6. The molecule has 0 amide bonds. The van der Waals surface area contributed by atoms with E-state index in [9.17, 15) is 0 Å². The summed E-state index contributed by atoms with van der Waals surface area (Å²) in [4.78, 5) is 4.75. The van der Waals surface area contributed by atoms with Crippen LogP contribution in [0.5, 0.6) is 0 Å². The van der Waals surface area contributed by atoms with Crippen molar-refractivity contribution in [3.05, 3.63) is 0 Å². The largest absolute Gasteiger partial charge is 0.359 e. The van der Waals surface area contributed by atoms with Gasteiger partial charge in [0, 0.05) is 17.8 Å². The lowest BCUT2D eigenvalue weighted by Gasteiger charge is -2.35. The second-order valence-electron chi connectivity index (χ2n) is 6.12. The van der Waals surface area contributed by atoms with Gasteiger partial charge in [0.25, 0.3) is 0 Å². The molecule has 0 bridgehead atoms. The van der Waals surface area contributed by atoms with Crippen molar-refractivity contribution in [2.75, 3.05) is 24.3 Å². The third-order valence-electron chi connectivity index (χ3n) is 4.35. The van der Waals surface area contributed by atoms with Gasteiger partial charge >= 0.3 is 0 Å². The highest BCUT2D eigenvalue weighted by Crippen LogP contribution is 2.38. The molecule has 2 nitrogen and oxygen atoms in total. The van der Waals surface area contributed by atoms with E-state index in [1.807, 2.05) is 23.5 Å². The van der Waals surface area contributed by atoms with Gasteiger partial charge in [0.05, 0.1) is 0 Å². The quantitative estimate of drug-likeness (QED) is 0.745. The smallest absolute Gasteiger partial charge is 0.157 e. The summed E-state index contributed by atoms with van der Waals surface area (Å²) in [6.45, 7) is 3.40. The summed E-state index contributed by atoms with van der Waals surface area (Å²) in [6.07, 6.45) is 11.5. The molecule has 0 radical (unpaired) electrons. The molecule has 0 aromatic rings. The number of thioether (sulfide) groups is 2.